The lowest BCUT2D eigenvalue weighted by Gasteiger charge is -2.26. The van der Waals surface area contributed by atoms with Gasteiger partial charge in [-0.25, -0.2) is 4.98 Å². The highest BCUT2D eigenvalue weighted by molar-refractivity contribution is 6.15. The zero-order valence-corrected chi connectivity index (χ0v) is 23.3. The van der Waals surface area contributed by atoms with Crippen molar-refractivity contribution in [1.82, 2.24) is 4.98 Å². The minimum absolute atomic E-state index is 0.653. The van der Waals surface area contributed by atoms with E-state index in [0.717, 1.165) is 88.1 Å². The van der Waals surface area contributed by atoms with Gasteiger partial charge in [0, 0.05) is 67.0 Å². The molecule has 0 saturated carbocycles. The zero-order valence-electron chi connectivity index (χ0n) is 23.3. The van der Waals surface area contributed by atoms with E-state index in [4.69, 9.17) is 13.3 Å². The Bertz CT molecular complexity index is 2750. The third-order valence-electron chi connectivity index (χ3n) is 8.71. The van der Waals surface area contributed by atoms with Crippen LogP contribution < -0.4 is 4.90 Å². The van der Waals surface area contributed by atoms with E-state index < -0.39 is 0 Å². The average Bonchev–Trinajstić information content (AvgIpc) is 3.75. The molecule has 0 aliphatic carbocycles. The molecular weight excluding hydrogens is 544 g/mol. The van der Waals surface area contributed by atoms with Crippen LogP contribution in [0.3, 0.4) is 0 Å². The van der Waals surface area contributed by atoms with Crippen molar-refractivity contribution in [2.75, 3.05) is 4.90 Å². The fraction of sp³-hybridized carbons (Fsp3) is 0. The summed E-state index contributed by atoms with van der Waals surface area (Å²) in [6.07, 6.45) is 1.77. The highest BCUT2D eigenvalue weighted by atomic mass is 16.3. The standard InChI is InChI=1S/C39H22N2O3/c1-3-9-34-28(6-1)30-17-13-26(22-37(30)43-34)41(25-14-18-36-33(21-25)29-7-2-4-10-35(29)42-36)24-12-16-27-23(20-24)11-15-31-32-8-5-19-40-39(32)44-38(27)31/h1-22H. The van der Waals surface area contributed by atoms with Gasteiger partial charge in [0.2, 0.25) is 5.71 Å². The molecule has 0 aliphatic rings. The number of furan rings is 3. The van der Waals surface area contributed by atoms with E-state index in [1.807, 2.05) is 36.4 Å². The molecule has 0 amide bonds. The Morgan fingerprint density at radius 2 is 1.02 bits per heavy atom. The van der Waals surface area contributed by atoms with Crippen LogP contribution in [0.2, 0.25) is 0 Å². The quantitative estimate of drug-likeness (QED) is 0.213. The Morgan fingerprint density at radius 3 is 1.89 bits per heavy atom. The monoisotopic (exact) mass is 566 g/mol. The van der Waals surface area contributed by atoms with Gasteiger partial charge >= 0.3 is 0 Å². The van der Waals surface area contributed by atoms with Crippen molar-refractivity contribution in [2.24, 2.45) is 0 Å². The molecule has 10 aromatic rings. The van der Waals surface area contributed by atoms with E-state index in [9.17, 15) is 0 Å². The molecule has 0 spiro atoms. The minimum atomic E-state index is 0.653. The van der Waals surface area contributed by atoms with Crippen molar-refractivity contribution < 1.29 is 13.3 Å². The van der Waals surface area contributed by atoms with Gasteiger partial charge < -0.3 is 18.2 Å². The second kappa shape index (κ2) is 8.72. The summed E-state index contributed by atoms with van der Waals surface area (Å²) in [5.74, 6) is 0. The maximum Gasteiger partial charge on any atom is 0.227 e. The van der Waals surface area contributed by atoms with Crippen molar-refractivity contribution in [2.45, 2.75) is 0 Å². The Hall–Kier alpha value is -6.07. The topological polar surface area (TPSA) is 55.6 Å². The first-order valence-corrected chi connectivity index (χ1v) is 14.6. The molecule has 0 bridgehead atoms. The fourth-order valence-electron chi connectivity index (χ4n) is 6.68. The lowest BCUT2D eigenvalue weighted by Crippen LogP contribution is -2.09. The van der Waals surface area contributed by atoms with Crippen molar-refractivity contribution in [3.8, 4) is 0 Å². The van der Waals surface area contributed by atoms with E-state index in [1.54, 1.807) is 6.20 Å². The summed E-state index contributed by atoms with van der Waals surface area (Å²) >= 11 is 0. The number of hydrogen-bond acceptors (Lipinski definition) is 5. The van der Waals surface area contributed by atoms with Gasteiger partial charge in [0.15, 0.2) is 0 Å². The lowest BCUT2D eigenvalue weighted by molar-refractivity contribution is 0.657. The number of fused-ring (bicyclic) bond motifs is 11. The molecular formula is C39H22N2O3. The summed E-state index contributed by atoms with van der Waals surface area (Å²) in [7, 11) is 0. The molecule has 5 heteroatoms. The number of nitrogens with zero attached hydrogens (tertiary/aromatic N) is 2. The van der Waals surface area contributed by atoms with Crippen molar-refractivity contribution in [3.63, 3.8) is 0 Å². The van der Waals surface area contributed by atoms with Crippen LogP contribution in [0.15, 0.2) is 147 Å². The van der Waals surface area contributed by atoms with Crippen LogP contribution in [0, 0.1) is 0 Å². The van der Waals surface area contributed by atoms with Gasteiger partial charge in [-0.1, -0.05) is 42.5 Å². The van der Waals surface area contributed by atoms with Crippen LogP contribution in [0.4, 0.5) is 17.1 Å². The molecule has 5 nitrogen and oxygen atoms in total. The third-order valence-corrected chi connectivity index (χ3v) is 8.71. The fourth-order valence-corrected chi connectivity index (χ4v) is 6.68. The van der Waals surface area contributed by atoms with Gasteiger partial charge in [-0.15, -0.1) is 0 Å². The summed E-state index contributed by atoms with van der Waals surface area (Å²) in [6.45, 7) is 0. The van der Waals surface area contributed by atoms with Crippen molar-refractivity contribution in [1.29, 1.82) is 0 Å². The van der Waals surface area contributed by atoms with Crippen LogP contribution in [0.5, 0.6) is 0 Å². The molecule has 0 N–H and O–H groups in total. The number of benzene rings is 6. The van der Waals surface area contributed by atoms with Crippen LogP contribution in [-0.2, 0) is 0 Å². The van der Waals surface area contributed by atoms with Crippen molar-refractivity contribution >= 4 is 93.8 Å². The van der Waals surface area contributed by atoms with Gasteiger partial charge in [0.25, 0.3) is 0 Å². The summed E-state index contributed by atoms with van der Waals surface area (Å²) in [4.78, 5) is 6.72. The second-order valence-corrected chi connectivity index (χ2v) is 11.2. The molecule has 0 fully saturated rings. The minimum Gasteiger partial charge on any atom is -0.456 e. The number of para-hydroxylation sites is 2. The highest BCUT2D eigenvalue weighted by Gasteiger charge is 2.19. The van der Waals surface area contributed by atoms with Gasteiger partial charge in [0.05, 0.1) is 0 Å². The smallest absolute Gasteiger partial charge is 0.227 e. The molecule has 10 rings (SSSR count). The first-order chi connectivity index (χ1) is 21.8. The first-order valence-electron chi connectivity index (χ1n) is 14.6. The molecule has 0 unspecified atom stereocenters. The molecule has 0 atom stereocenters. The lowest BCUT2D eigenvalue weighted by atomic mass is 10.0. The normalized spacial score (nSPS) is 12.1. The molecule has 4 aromatic heterocycles. The van der Waals surface area contributed by atoms with Gasteiger partial charge in [0.1, 0.15) is 27.9 Å². The maximum absolute atomic E-state index is 6.32. The average molecular weight is 567 g/mol. The summed E-state index contributed by atoms with van der Waals surface area (Å²) < 4.78 is 18.7. The number of aromatic nitrogens is 1. The molecule has 6 aromatic carbocycles. The summed E-state index contributed by atoms with van der Waals surface area (Å²) in [5, 5.41) is 8.60. The zero-order chi connectivity index (χ0) is 28.8. The summed E-state index contributed by atoms with van der Waals surface area (Å²) in [6, 6.07) is 44.0. The predicted molar refractivity (Wildman–Crippen MR) is 178 cm³/mol. The van der Waals surface area contributed by atoms with E-state index >= 15 is 0 Å². The van der Waals surface area contributed by atoms with Gasteiger partial charge in [-0.3, -0.25) is 0 Å². The van der Waals surface area contributed by atoms with E-state index in [2.05, 4.69) is 101 Å². The number of hydrogen-bond donors (Lipinski definition) is 0. The maximum atomic E-state index is 6.32. The summed E-state index contributed by atoms with van der Waals surface area (Å²) in [5.41, 5.74) is 8.02. The van der Waals surface area contributed by atoms with E-state index in [1.165, 1.54) is 0 Å². The Kier molecular flexibility index (Phi) is 4.66. The van der Waals surface area contributed by atoms with Crippen LogP contribution in [0.1, 0.15) is 0 Å². The Labute approximate surface area is 250 Å². The van der Waals surface area contributed by atoms with E-state index in [0.29, 0.717) is 5.71 Å². The first kappa shape index (κ1) is 23.5. The Balaban J connectivity index is 1.21. The third kappa shape index (κ3) is 3.32. The molecule has 206 valence electrons. The van der Waals surface area contributed by atoms with E-state index in [-0.39, 0.29) is 0 Å². The Morgan fingerprint density at radius 1 is 0.409 bits per heavy atom. The number of anilines is 3. The molecule has 44 heavy (non-hydrogen) atoms. The van der Waals surface area contributed by atoms with Crippen molar-refractivity contribution in [3.05, 3.63) is 134 Å². The second-order valence-electron chi connectivity index (χ2n) is 11.2. The largest absolute Gasteiger partial charge is 0.456 e. The SMILES string of the molecule is c1ccc2c(c1)oc1cc(N(c3ccc4c(ccc5c6cccnc6oc45)c3)c3ccc4oc5ccccc5c4c3)ccc12. The van der Waals surface area contributed by atoms with Crippen LogP contribution >= 0.6 is 0 Å². The van der Waals surface area contributed by atoms with Gasteiger partial charge in [-0.2, -0.15) is 0 Å². The highest BCUT2D eigenvalue weighted by Crippen LogP contribution is 2.42. The number of rotatable bonds is 3. The van der Waals surface area contributed by atoms with Crippen LogP contribution in [0.25, 0.3) is 76.7 Å². The molecule has 4 heterocycles. The molecule has 0 saturated heterocycles. The molecule has 0 radical (unpaired) electrons. The van der Waals surface area contributed by atoms with Gasteiger partial charge in [-0.05, 0) is 84.2 Å². The molecule has 0 aliphatic heterocycles. The van der Waals surface area contributed by atoms with Crippen LogP contribution in [-0.4, -0.2) is 4.98 Å². The number of pyridine rings is 1. The predicted octanol–water partition coefficient (Wildman–Crippen LogP) is 11.4.